The molecule has 28 heavy (non-hydrogen) atoms. The second kappa shape index (κ2) is 8.91. The molecule has 1 aromatic carbocycles. The minimum absolute atomic E-state index is 0.119. The van der Waals surface area contributed by atoms with Crippen LogP contribution in [0.1, 0.15) is 12.0 Å². The van der Waals surface area contributed by atoms with Crippen molar-refractivity contribution in [1.82, 2.24) is 10.3 Å². The summed E-state index contributed by atoms with van der Waals surface area (Å²) in [5.74, 6) is -3.42. The molecule has 2 aliphatic heterocycles. The van der Waals surface area contributed by atoms with Gasteiger partial charge in [0.1, 0.15) is 5.41 Å². The lowest BCUT2D eigenvalue weighted by atomic mass is 9.74. The highest BCUT2D eigenvalue weighted by atomic mass is 16.4. The van der Waals surface area contributed by atoms with E-state index in [0.717, 1.165) is 25.1 Å². The van der Waals surface area contributed by atoms with Gasteiger partial charge in [-0.05, 0) is 12.0 Å². The highest BCUT2D eigenvalue weighted by Crippen LogP contribution is 2.35. The van der Waals surface area contributed by atoms with Gasteiger partial charge in [-0.15, -0.1) is 0 Å². The number of amides is 1. The Balaban J connectivity index is 0.000000242. The third-order valence-electron chi connectivity index (χ3n) is 4.65. The molecule has 1 aromatic rings. The molecule has 3 unspecified atom stereocenters. The molecule has 0 bridgehead atoms. The lowest BCUT2D eigenvalue weighted by Gasteiger charge is -2.33. The molecule has 10 heteroatoms. The van der Waals surface area contributed by atoms with E-state index >= 15 is 0 Å². The quantitative estimate of drug-likeness (QED) is 0.422. The van der Waals surface area contributed by atoms with Crippen molar-refractivity contribution in [3.05, 3.63) is 35.9 Å². The number of carbonyl (C=O) groups is 3. The summed E-state index contributed by atoms with van der Waals surface area (Å²) in [5, 5.41) is 41.8. The Morgan fingerprint density at radius 3 is 2.29 bits per heavy atom. The van der Waals surface area contributed by atoms with Gasteiger partial charge < -0.3 is 25.7 Å². The number of aliphatic hydroxyl groups excluding tert-OH is 2. The summed E-state index contributed by atoms with van der Waals surface area (Å²) in [6, 6.07) is 10.2. The fourth-order valence-electron chi connectivity index (χ4n) is 3.19. The van der Waals surface area contributed by atoms with Gasteiger partial charge in [0.25, 0.3) is 5.91 Å². The van der Waals surface area contributed by atoms with Gasteiger partial charge in [0.05, 0.1) is 5.71 Å². The van der Waals surface area contributed by atoms with Crippen LogP contribution in [-0.2, 0) is 20.8 Å². The minimum Gasteiger partial charge on any atom is -0.479 e. The van der Waals surface area contributed by atoms with Crippen LogP contribution >= 0.6 is 0 Å². The van der Waals surface area contributed by atoms with Gasteiger partial charge >= 0.3 is 11.9 Å². The van der Waals surface area contributed by atoms with E-state index in [0.29, 0.717) is 6.54 Å². The number of carboxylic acids is 2. The predicted octanol–water partition coefficient (Wildman–Crippen LogP) is -1.09. The normalized spacial score (nSPS) is 23.0. The number of aliphatic hydroxyl groups is 2. The molecule has 3 atom stereocenters. The molecule has 1 fully saturated rings. The first-order valence-corrected chi connectivity index (χ1v) is 8.61. The average Bonchev–Trinajstić information content (AvgIpc) is 2.92. The van der Waals surface area contributed by atoms with E-state index in [9.17, 15) is 14.4 Å². The van der Waals surface area contributed by atoms with Crippen molar-refractivity contribution in [2.45, 2.75) is 25.0 Å². The van der Waals surface area contributed by atoms with Gasteiger partial charge in [-0.3, -0.25) is 4.79 Å². The van der Waals surface area contributed by atoms with Crippen molar-refractivity contribution in [2.24, 2.45) is 10.5 Å². The molecule has 0 aromatic heterocycles. The summed E-state index contributed by atoms with van der Waals surface area (Å²) >= 11 is 0. The SMILES string of the molecule is CN1N=C2CCNCC2(Cc2ccccc2)C1=O.O=C(O)C(O)C(O)C(=O)O. The molecule has 152 valence electrons. The van der Waals surface area contributed by atoms with Gasteiger partial charge in [-0.25, -0.2) is 14.6 Å². The van der Waals surface area contributed by atoms with Crippen LogP contribution in [0.2, 0.25) is 0 Å². The Kier molecular flexibility index (Phi) is 6.84. The Bertz CT molecular complexity index is 750. The second-order valence-corrected chi connectivity index (χ2v) is 6.61. The highest BCUT2D eigenvalue weighted by molar-refractivity contribution is 6.13. The zero-order valence-electron chi connectivity index (χ0n) is 15.3. The molecule has 2 heterocycles. The number of fused-ring (bicyclic) bond motifs is 1. The van der Waals surface area contributed by atoms with Gasteiger partial charge in [0.2, 0.25) is 0 Å². The molecule has 0 aliphatic carbocycles. The van der Waals surface area contributed by atoms with Crippen LogP contribution in [0.5, 0.6) is 0 Å². The number of hydrogen-bond acceptors (Lipinski definition) is 7. The highest BCUT2D eigenvalue weighted by Gasteiger charge is 2.50. The number of piperidine rings is 1. The largest absolute Gasteiger partial charge is 0.479 e. The van der Waals surface area contributed by atoms with E-state index in [1.807, 2.05) is 18.2 Å². The van der Waals surface area contributed by atoms with Crippen LogP contribution in [0.4, 0.5) is 0 Å². The molecule has 0 spiro atoms. The smallest absolute Gasteiger partial charge is 0.335 e. The van der Waals surface area contributed by atoms with Crippen LogP contribution in [0.15, 0.2) is 35.4 Å². The fourth-order valence-corrected chi connectivity index (χ4v) is 3.19. The van der Waals surface area contributed by atoms with Crippen LogP contribution in [0.25, 0.3) is 0 Å². The Labute approximate surface area is 161 Å². The first kappa shape index (κ1) is 21.5. The number of aliphatic carboxylic acids is 2. The minimum atomic E-state index is -2.27. The standard InChI is InChI=1S/C14H17N3O.C4H6O6/c1-17-13(18)14(9-11-5-3-2-4-6-11)10-15-8-7-12(14)16-17;5-1(3(7)8)2(6)4(9)10/h2-6,15H,7-10H2,1H3;1-2,5-6H,(H,7,8)(H,9,10). The summed E-state index contributed by atoms with van der Waals surface area (Å²) in [6.45, 7) is 1.61. The van der Waals surface area contributed by atoms with Crippen LogP contribution in [0, 0.1) is 5.41 Å². The van der Waals surface area contributed by atoms with Gasteiger partial charge in [-0.1, -0.05) is 30.3 Å². The number of hydrazone groups is 1. The van der Waals surface area contributed by atoms with Crippen LogP contribution in [0.3, 0.4) is 0 Å². The van der Waals surface area contributed by atoms with Crippen molar-refractivity contribution in [2.75, 3.05) is 20.1 Å². The number of carbonyl (C=O) groups excluding carboxylic acids is 1. The van der Waals surface area contributed by atoms with Crippen molar-refractivity contribution in [1.29, 1.82) is 0 Å². The van der Waals surface area contributed by atoms with Crippen LogP contribution in [-0.4, -0.2) is 81.3 Å². The lowest BCUT2D eigenvalue weighted by molar-refractivity contribution is -0.165. The van der Waals surface area contributed by atoms with E-state index in [-0.39, 0.29) is 5.91 Å². The van der Waals surface area contributed by atoms with Crippen molar-refractivity contribution < 1.29 is 34.8 Å². The zero-order chi connectivity index (χ0) is 20.9. The van der Waals surface area contributed by atoms with E-state index in [4.69, 9.17) is 20.4 Å². The molecular weight excluding hydrogens is 370 g/mol. The van der Waals surface area contributed by atoms with E-state index in [1.165, 1.54) is 10.6 Å². The summed E-state index contributed by atoms with van der Waals surface area (Å²) in [4.78, 5) is 32.0. The topological polar surface area (TPSA) is 160 Å². The summed E-state index contributed by atoms with van der Waals surface area (Å²) in [5.41, 5.74) is 1.78. The van der Waals surface area contributed by atoms with Crippen molar-refractivity contribution >= 4 is 23.6 Å². The monoisotopic (exact) mass is 393 g/mol. The Morgan fingerprint density at radius 2 is 1.75 bits per heavy atom. The number of rotatable bonds is 5. The number of nitrogens with zero attached hydrogens (tertiary/aromatic N) is 2. The maximum absolute atomic E-state index is 12.4. The maximum atomic E-state index is 12.4. The third-order valence-corrected chi connectivity index (χ3v) is 4.65. The van der Waals surface area contributed by atoms with Gasteiger partial charge in [0, 0.05) is 26.6 Å². The molecule has 5 N–H and O–H groups in total. The second-order valence-electron chi connectivity index (χ2n) is 6.61. The number of benzene rings is 1. The number of nitrogens with one attached hydrogen (secondary N) is 1. The fraction of sp³-hybridized carbons (Fsp3) is 0.444. The third kappa shape index (κ3) is 4.53. The first-order valence-electron chi connectivity index (χ1n) is 8.61. The van der Waals surface area contributed by atoms with Crippen LogP contribution < -0.4 is 5.32 Å². The summed E-state index contributed by atoms with van der Waals surface area (Å²) in [6.07, 6.45) is -2.93. The summed E-state index contributed by atoms with van der Waals surface area (Å²) < 4.78 is 0. The lowest BCUT2D eigenvalue weighted by Crippen LogP contribution is -2.52. The zero-order valence-corrected chi connectivity index (χ0v) is 15.3. The number of hydrogen-bond donors (Lipinski definition) is 5. The molecule has 1 amide bonds. The number of carboxylic acid groups (broad SMARTS) is 2. The predicted molar refractivity (Wildman–Crippen MR) is 97.6 cm³/mol. The van der Waals surface area contributed by atoms with Crippen molar-refractivity contribution in [3.8, 4) is 0 Å². The first-order chi connectivity index (χ1) is 13.2. The molecule has 2 aliphatic rings. The molecule has 0 radical (unpaired) electrons. The molecule has 10 nitrogen and oxygen atoms in total. The van der Waals surface area contributed by atoms with E-state index in [1.54, 1.807) is 7.05 Å². The maximum Gasteiger partial charge on any atom is 0.335 e. The average molecular weight is 393 g/mol. The van der Waals surface area contributed by atoms with Crippen molar-refractivity contribution in [3.63, 3.8) is 0 Å². The van der Waals surface area contributed by atoms with Gasteiger partial charge in [-0.2, -0.15) is 5.10 Å². The summed E-state index contributed by atoms with van der Waals surface area (Å²) in [7, 11) is 1.75. The van der Waals surface area contributed by atoms with Gasteiger partial charge in [0.15, 0.2) is 12.2 Å². The molecular formula is C18H23N3O7. The molecule has 0 saturated carbocycles. The van der Waals surface area contributed by atoms with E-state index < -0.39 is 29.6 Å². The molecule has 1 saturated heterocycles. The Morgan fingerprint density at radius 1 is 1.18 bits per heavy atom. The Hall–Kier alpha value is -2.82. The van der Waals surface area contributed by atoms with E-state index in [2.05, 4.69) is 22.6 Å². The molecule has 3 rings (SSSR count).